The number of hydrogen-bond donors (Lipinski definition) is 1. The van der Waals surface area contributed by atoms with E-state index in [1.54, 1.807) is 24.3 Å². The molecule has 2 aromatic carbocycles. The molecule has 0 bridgehead atoms. The third kappa shape index (κ3) is 6.00. The Labute approximate surface area is 194 Å². The van der Waals surface area contributed by atoms with Gasteiger partial charge in [-0.2, -0.15) is 0 Å². The summed E-state index contributed by atoms with van der Waals surface area (Å²) in [6.07, 6.45) is 1.55. The van der Waals surface area contributed by atoms with Crippen LogP contribution in [0.2, 0.25) is 5.02 Å². The van der Waals surface area contributed by atoms with Gasteiger partial charge >= 0.3 is 5.97 Å². The highest BCUT2D eigenvalue weighted by Gasteiger charge is 2.32. The number of carboxylic acid groups (broad SMARTS) is 1. The van der Waals surface area contributed by atoms with Crippen molar-refractivity contribution in [2.45, 2.75) is 20.0 Å². The molecule has 1 aliphatic rings. The van der Waals surface area contributed by atoms with E-state index in [-0.39, 0.29) is 18.9 Å². The van der Waals surface area contributed by atoms with Crippen LogP contribution in [0.25, 0.3) is 6.08 Å². The van der Waals surface area contributed by atoms with E-state index < -0.39 is 5.97 Å². The standard InChI is InChI=1S/C22H20ClNO5S2/c1-2-28-18-11-14(7-8-17(18)29-13-15-5-3-4-6-16(15)23)12-19-21(27)24(22(30)31-19)10-9-20(25)26/h3-8,11-12H,2,9-10,13H2,1H3,(H,25,26)/b19-12-. The van der Waals surface area contributed by atoms with E-state index in [9.17, 15) is 9.59 Å². The van der Waals surface area contributed by atoms with Crippen LogP contribution in [0, 0.1) is 0 Å². The minimum atomic E-state index is -0.980. The lowest BCUT2D eigenvalue weighted by molar-refractivity contribution is -0.137. The predicted molar refractivity (Wildman–Crippen MR) is 126 cm³/mol. The Morgan fingerprint density at radius 1 is 1.23 bits per heavy atom. The maximum Gasteiger partial charge on any atom is 0.305 e. The summed E-state index contributed by atoms with van der Waals surface area (Å²) in [7, 11) is 0. The molecular weight excluding hydrogens is 458 g/mol. The Balaban J connectivity index is 1.77. The van der Waals surface area contributed by atoms with Crippen LogP contribution in [0.3, 0.4) is 0 Å². The van der Waals surface area contributed by atoms with Crippen molar-refractivity contribution in [3.8, 4) is 11.5 Å². The number of carboxylic acids is 1. The summed E-state index contributed by atoms with van der Waals surface area (Å²) in [5.41, 5.74) is 1.60. The van der Waals surface area contributed by atoms with Crippen LogP contribution in [0.5, 0.6) is 11.5 Å². The second-order valence-corrected chi connectivity index (χ2v) is 8.58. The molecule has 0 atom stereocenters. The van der Waals surface area contributed by atoms with Gasteiger partial charge < -0.3 is 14.6 Å². The van der Waals surface area contributed by atoms with Crippen molar-refractivity contribution < 1.29 is 24.2 Å². The molecule has 1 amide bonds. The van der Waals surface area contributed by atoms with Crippen LogP contribution < -0.4 is 9.47 Å². The van der Waals surface area contributed by atoms with E-state index in [0.717, 1.165) is 22.9 Å². The quantitative estimate of drug-likeness (QED) is 0.402. The Kier molecular flexibility index (Phi) is 7.95. The normalized spacial score (nSPS) is 14.9. The number of ether oxygens (including phenoxy) is 2. The highest BCUT2D eigenvalue weighted by molar-refractivity contribution is 8.26. The van der Waals surface area contributed by atoms with Crippen molar-refractivity contribution in [2.24, 2.45) is 0 Å². The zero-order valence-electron chi connectivity index (χ0n) is 16.7. The van der Waals surface area contributed by atoms with E-state index in [1.165, 1.54) is 4.90 Å². The molecule has 0 aromatic heterocycles. The molecule has 0 radical (unpaired) electrons. The fraction of sp³-hybridized carbons (Fsp3) is 0.227. The van der Waals surface area contributed by atoms with Gasteiger partial charge in [-0.3, -0.25) is 14.5 Å². The van der Waals surface area contributed by atoms with E-state index in [0.29, 0.717) is 39.0 Å². The Morgan fingerprint density at radius 3 is 2.71 bits per heavy atom. The average molecular weight is 478 g/mol. The molecule has 1 N–H and O–H groups in total. The number of benzene rings is 2. The van der Waals surface area contributed by atoms with Gasteiger partial charge in [0.25, 0.3) is 5.91 Å². The zero-order chi connectivity index (χ0) is 22.4. The fourth-order valence-electron chi connectivity index (χ4n) is 2.82. The maximum absolute atomic E-state index is 12.6. The lowest BCUT2D eigenvalue weighted by atomic mass is 10.1. The minimum absolute atomic E-state index is 0.0519. The third-order valence-corrected chi connectivity index (χ3v) is 6.08. The van der Waals surface area contributed by atoms with Gasteiger partial charge in [-0.15, -0.1) is 0 Å². The second kappa shape index (κ2) is 10.7. The molecule has 0 unspecified atom stereocenters. The highest BCUT2D eigenvalue weighted by Crippen LogP contribution is 2.35. The SMILES string of the molecule is CCOc1cc(/C=C2\SC(=S)N(CCC(=O)O)C2=O)ccc1OCc1ccccc1Cl. The van der Waals surface area contributed by atoms with Crippen molar-refractivity contribution in [1.29, 1.82) is 0 Å². The molecule has 162 valence electrons. The number of carbonyl (C=O) groups excluding carboxylic acids is 1. The smallest absolute Gasteiger partial charge is 0.305 e. The van der Waals surface area contributed by atoms with Gasteiger partial charge in [0, 0.05) is 17.1 Å². The summed E-state index contributed by atoms with van der Waals surface area (Å²) in [5, 5.41) is 9.48. The first-order valence-electron chi connectivity index (χ1n) is 9.49. The van der Waals surface area contributed by atoms with Crippen LogP contribution >= 0.6 is 35.6 Å². The molecular formula is C22H20ClNO5S2. The number of carbonyl (C=O) groups is 2. The maximum atomic E-state index is 12.6. The van der Waals surface area contributed by atoms with Gasteiger partial charge in [0.05, 0.1) is 17.9 Å². The molecule has 9 heteroatoms. The summed E-state index contributed by atoms with van der Waals surface area (Å²) in [6, 6.07) is 12.8. The van der Waals surface area contributed by atoms with Crippen molar-refractivity contribution in [3.63, 3.8) is 0 Å². The van der Waals surface area contributed by atoms with E-state index in [2.05, 4.69) is 0 Å². The number of amides is 1. The Bertz CT molecular complexity index is 1040. The molecule has 31 heavy (non-hydrogen) atoms. The Hall–Kier alpha value is -2.55. The summed E-state index contributed by atoms with van der Waals surface area (Å²) >= 11 is 12.6. The fourth-order valence-corrected chi connectivity index (χ4v) is 4.32. The van der Waals surface area contributed by atoms with E-state index >= 15 is 0 Å². The van der Waals surface area contributed by atoms with Gasteiger partial charge in [-0.1, -0.05) is 59.8 Å². The van der Waals surface area contributed by atoms with Crippen LogP contribution in [-0.2, 0) is 16.2 Å². The summed E-state index contributed by atoms with van der Waals surface area (Å²) in [4.78, 5) is 25.1. The monoisotopic (exact) mass is 477 g/mol. The first-order chi connectivity index (χ1) is 14.9. The van der Waals surface area contributed by atoms with Gasteiger partial charge in [-0.25, -0.2) is 0 Å². The minimum Gasteiger partial charge on any atom is -0.490 e. The van der Waals surface area contributed by atoms with Crippen LogP contribution in [0.1, 0.15) is 24.5 Å². The average Bonchev–Trinajstić information content (AvgIpc) is 2.99. The van der Waals surface area contributed by atoms with Crippen molar-refractivity contribution in [2.75, 3.05) is 13.2 Å². The summed E-state index contributed by atoms with van der Waals surface area (Å²) in [5.74, 6) is -0.169. The van der Waals surface area contributed by atoms with E-state index in [1.807, 2.05) is 31.2 Å². The van der Waals surface area contributed by atoms with Crippen LogP contribution in [0.15, 0.2) is 47.4 Å². The predicted octanol–water partition coefficient (Wildman–Crippen LogP) is 4.99. The van der Waals surface area contributed by atoms with Gasteiger partial charge in [0.2, 0.25) is 0 Å². The second-order valence-electron chi connectivity index (χ2n) is 6.50. The first kappa shape index (κ1) is 23.1. The largest absolute Gasteiger partial charge is 0.490 e. The van der Waals surface area contributed by atoms with E-state index in [4.69, 9.17) is 38.4 Å². The summed E-state index contributed by atoms with van der Waals surface area (Å²) < 4.78 is 12.0. The van der Waals surface area contributed by atoms with Crippen molar-refractivity contribution >= 4 is 57.9 Å². The molecule has 1 aliphatic heterocycles. The topological polar surface area (TPSA) is 76.1 Å². The number of halogens is 1. The number of thiocarbonyl (C=S) groups is 1. The molecule has 1 saturated heterocycles. The number of aliphatic carboxylic acids is 1. The lowest BCUT2D eigenvalue weighted by Crippen LogP contribution is -2.30. The third-order valence-electron chi connectivity index (χ3n) is 4.33. The summed E-state index contributed by atoms with van der Waals surface area (Å²) in [6.45, 7) is 2.67. The number of thioether (sulfide) groups is 1. The molecule has 3 rings (SSSR count). The molecule has 1 heterocycles. The lowest BCUT2D eigenvalue weighted by Gasteiger charge is -2.13. The zero-order valence-corrected chi connectivity index (χ0v) is 19.1. The van der Waals surface area contributed by atoms with Crippen LogP contribution in [0.4, 0.5) is 0 Å². The highest BCUT2D eigenvalue weighted by atomic mass is 35.5. The van der Waals surface area contributed by atoms with Crippen molar-refractivity contribution in [3.05, 3.63) is 63.5 Å². The molecule has 0 aliphatic carbocycles. The molecule has 0 spiro atoms. The number of rotatable bonds is 9. The van der Waals surface area contributed by atoms with Crippen molar-refractivity contribution in [1.82, 2.24) is 4.90 Å². The molecule has 0 saturated carbocycles. The van der Waals surface area contributed by atoms with Gasteiger partial charge in [0.15, 0.2) is 11.5 Å². The molecule has 1 fully saturated rings. The molecule has 6 nitrogen and oxygen atoms in total. The molecule has 2 aromatic rings. The number of nitrogens with zero attached hydrogens (tertiary/aromatic N) is 1. The van der Waals surface area contributed by atoms with Gasteiger partial charge in [0.1, 0.15) is 10.9 Å². The van der Waals surface area contributed by atoms with Crippen LogP contribution in [-0.4, -0.2) is 39.4 Å². The van der Waals surface area contributed by atoms with Gasteiger partial charge in [-0.05, 0) is 36.8 Å². The Morgan fingerprint density at radius 2 is 2.00 bits per heavy atom. The number of hydrogen-bond acceptors (Lipinski definition) is 6. The first-order valence-corrected chi connectivity index (χ1v) is 11.1.